The first kappa shape index (κ1) is 16.9. The molecule has 1 unspecified atom stereocenters. The van der Waals surface area contributed by atoms with Crippen LogP contribution in [-0.2, 0) is 16.6 Å². The van der Waals surface area contributed by atoms with Crippen molar-refractivity contribution in [1.29, 1.82) is 0 Å². The van der Waals surface area contributed by atoms with Gasteiger partial charge in [-0.15, -0.1) is 0 Å². The fraction of sp³-hybridized carbons (Fsp3) is 0.571. The zero-order valence-corrected chi connectivity index (χ0v) is 14.4. The van der Waals surface area contributed by atoms with E-state index >= 15 is 0 Å². The van der Waals surface area contributed by atoms with Crippen molar-refractivity contribution in [3.8, 4) is 0 Å². The molecule has 4 nitrogen and oxygen atoms in total. The molecule has 0 saturated carbocycles. The van der Waals surface area contributed by atoms with E-state index in [0.29, 0.717) is 11.0 Å². The molecule has 21 heavy (non-hydrogen) atoms. The molecule has 1 aromatic carbocycles. The van der Waals surface area contributed by atoms with Crippen molar-refractivity contribution in [1.82, 2.24) is 4.31 Å². The Hall–Kier alpha value is -0.500. The minimum Gasteiger partial charge on any atom is -0.326 e. The summed E-state index contributed by atoms with van der Waals surface area (Å²) in [5.74, 6) is -0.739. The summed E-state index contributed by atoms with van der Waals surface area (Å²) in [4.78, 5) is -0.286. The quantitative estimate of drug-likeness (QED) is 0.878. The van der Waals surface area contributed by atoms with Crippen LogP contribution in [0.5, 0.6) is 0 Å². The molecule has 1 aliphatic heterocycles. The van der Waals surface area contributed by atoms with Gasteiger partial charge in [0.15, 0.2) is 0 Å². The standard InChI is InChI=1S/C14H20BrFN2O2S/c1-10-5-3-2-4-6-18(10)21(19,20)13-8-12(15)7-11(9-17)14(13)16/h7-8,10H,2-6,9,17H2,1H3. The minimum absolute atomic E-state index is 0.0383. The van der Waals surface area contributed by atoms with Crippen LogP contribution in [0.4, 0.5) is 4.39 Å². The van der Waals surface area contributed by atoms with E-state index in [-0.39, 0.29) is 23.0 Å². The third-order valence-electron chi connectivity index (χ3n) is 3.88. The fourth-order valence-corrected chi connectivity index (χ4v) is 5.18. The molecule has 2 rings (SSSR count). The molecule has 1 atom stereocenters. The summed E-state index contributed by atoms with van der Waals surface area (Å²) >= 11 is 3.23. The molecule has 0 bridgehead atoms. The van der Waals surface area contributed by atoms with Crippen LogP contribution in [0.1, 0.15) is 38.2 Å². The average Bonchev–Trinajstić information content (AvgIpc) is 2.65. The van der Waals surface area contributed by atoms with E-state index in [2.05, 4.69) is 15.9 Å². The van der Waals surface area contributed by atoms with E-state index < -0.39 is 15.8 Å². The van der Waals surface area contributed by atoms with Crippen LogP contribution < -0.4 is 5.73 Å². The van der Waals surface area contributed by atoms with E-state index in [9.17, 15) is 12.8 Å². The Morgan fingerprint density at radius 1 is 1.38 bits per heavy atom. The highest BCUT2D eigenvalue weighted by atomic mass is 79.9. The van der Waals surface area contributed by atoms with Gasteiger partial charge in [-0.2, -0.15) is 4.31 Å². The van der Waals surface area contributed by atoms with E-state index in [1.54, 1.807) is 0 Å². The summed E-state index contributed by atoms with van der Waals surface area (Å²) < 4.78 is 42.0. The van der Waals surface area contributed by atoms with Crippen molar-refractivity contribution in [3.63, 3.8) is 0 Å². The molecule has 118 valence electrons. The van der Waals surface area contributed by atoms with Gasteiger partial charge in [0.05, 0.1) is 0 Å². The Bertz CT molecular complexity index is 622. The molecule has 1 aliphatic rings. The summed E-state index contributed by atoms with van der Waals surface area (Å²) in [5, 5.41) is 0. The third kappa shape index (κ3) is 3.47. The number of benzene rings is 1. The molecule has 0 aromatic heterocycles. The molecule has 0 amide bonds. The van der Waals surface area contributed by atoms with Gasteiger partial charge in [0.1, 0.15) is 10.7 Å². The average molecular weight is 379 g/mol. The zero-order valence-electron chi connectivity index (χ0n) is 12.0. The molecule has 1 heterocycles. The van der Waals surface area contributed by atoms with Crippen molar-refractivity contribution in [2.45, 2.75) is 50.1 Å². The first-order valence-electron chi connectivity index (χ1n) is 7.07. The van der Waals surface area contributed by atoms with Gasteiger partial charge in [-0.05, 0) is 31.9 Å². The number of hydrogen-bond acceptors (Lipinski definition) is 3. The monoisotopic (exact) mass is 378 g/mol. The molecule has 1 aromatic rings. The maximum atomic E-state index is 14.4. The number of hydrogen-bond donors (Lipinski definition) is 1. The van der Waals surface area contributed by atoms with Gasteiger partial charge < -0.3 is 5.73 Å². The molecular formula is C14H20BrFN2O2S. The van der Waals surface area contributed by atoms with Crippen LogP contribution in [-0.4, -0.2) is 25.3 Å². The Labute approximate surface area is 133 Å². The highest BCUT2D eigenvalue weighted by molar-refractivity contribution is 9.10. The lowest BCUT2D eigenvalue weighted by Gasteiger charge is -2.26. The predicted octanol–water partition coefficient (Wildman–Crippen LogP) is 3.00. The third-order valence-corrected chi connectivity index (χ3v) is 6.35. The van der Waals surface area contributed by atoms with Crippen LogP contribution in [0.2, 0.25) is 0 Å². The second-order valence-corrected chi connectivity index (χ2v) is 8.17. The predicted molar refractivity (Wildman–Crippen MR) is 83.8 cm³/mol. The van der Waals surface area contributed by atoms with Gasteiger partial charge in [0, 0.05) is 29.2 Å². The Morgan fingerprint density at radius 2 is 2.10 bits per heavy atom. The molecule has 0 aliphatic carbocycles. The molecular weight excluding hydrogens is 359 g/mol. The second kappa shape index (κ2) is 6.73. The van der Waals surface area contributed by atoms with Crippen molar-refractivity contribution >= 4 is 26.0 Å². The van der Waals surface area contributed by atoms with Crippen LogP contribution in [0.15, 0.2) is 21.5 Å². The molecule has 1 fully saturated rings. The topological polar surface area (TPSA) is 63.4 Å². The Balaban J connectivity index is 2.50. The maximum Gasteiger partial charge on any atom is 0.246 e. The molecule has 2 N–H and O–H groups in total. The zero-order chi connectivity index (χ0) is 15.6. The summed E-state index contributed by atoms with van der Waals surface area (Å²) in [6.45, 7) is 2.28. The van der Waals surface area contributed by atoms with Gasteiger partial charge in [-0.1, -0.05) is 28.8 Å². The van der Waals surface area contributed by atoms with Gasteiger partial charge in [-0.3, -0.25) is 0 Å². The lowest BCUT2D eigenvalue weighted by atomic mass is 10.1. The van der Waals surface area contributed by atoms with Crippen molar-refractivity contribution in [2.24, 2.45) is 5.73 Å². The first-order chi connectivity index (χ1) is 9.87. The van der Waals surface area contributed by atoms with Crippen LogP contribution in [0.25, 0.3) is 0 Å². The number of rotatable bonds is 3. The van der Waals surface area contributed by atoms with Crippen LogP contribution in [0, 0.1) is 5.82 Å². The highest BCUT2D eigenvalue weighted by Gasteiger charge is 2.33. The van der Waals surface area contributed by atoms with Crippen molar-refractivity contribution in [3.05, 3.63) is 28.0 Å². The van der Waals surface area contributed by atoms with Gasteiger partial charge in [0.2, 0.25) is 10.0 Å². The van der Waals surface area contributed by atoms with E-state index in [1.807, 2.05) is 6.92 Å². The number of halogens is 2. The largest absolute Gasteiger partial charge is 0.326 e. The fourth-order valence-electron chi connectivity index (χ4n) is 2.69. The van der Waals surface area contributed by atoms with E-state index in [4.69, 9.17) is 5.73 Å². The van der Waals surface area contributed by atoms with E-state index in [0.717, 1.165) is 25.7 Å². The second-order valence-electron chi connectivity index (χ2n) is 5.40. The lowest BCUT2D eigenvalue weighted by molar-refractivity contribution is 0.340. The van der Waals surface area contributed by atoms with Gasteiger partial charge >= 0.3 is 0 Å². The molecule has 0 radical (unpaired) electrons. The molecule has 1 saturated heterocycles. The summed E-state index contributed by atoms with van der Waals surface area (Å²) in [5.41, 5.74) is 5.69. The molecule has 0 spiro atoms. The number of sulfonamides is 1. The molecule has 7 heteroatoms. The Kier molecular flexibility index (Phi) is 5.40. The number of nitrogens with zero attached hydrogens (tertiary/aromatic N) is 1. The maximum absolute atomic E-state index is 14.4. The summed E-state index contributed by atoms with van der Waals surface area (Å²) in [6.07, 6.45) is 3.62. The normalized spacial score (nSPS) is 21.2. The van der Waals surface area contributed by atoms with Crippen molar-refractivity contribution < 1.29 is 12.8 Å². The Morgan fingerprint density at radius 3 is 2.76 bits per heavy atom. The smallest absolute Gasteiger partial charge is 0.246 e. The summed E-state index contributed by atoms with van der Waals surface area (Å²) in [6, 6.07) is 2.72. The van der Waals surface area contributed by atoms with Gasteiger partial charge in [-0.25, -0.2) is 12.8 Å². The van der Waals surface area contributed by atoms with Crippen LogP contribution >= 0.6 is 15.9 Å². The van der Waals surface area contributed by atoms with Crippen LogP contribution in [0.3, 0.4) is 0 Å². The highest BCUT2D eigenvalue weighted by Crippen LogP contribution is 2.29. The van der Waals surface area contributed by atoms with Crippen molar-refractivity contribution in [2.75, 3.05) is 6.54 Å². The summed E-state index contributed by atoms with van der Waals surface area (Å²) in [7, 11) is -3.85. The van der Waals surface area contributed by atoms with Gasteiger partial charge in [0.25, 0.3) is 0 Å². The SMILES string of the molecule is CC1CCCCCN1S(=O)(=O)c1cc(Br)cc(CN)c1F. The minimum atomic E-state index is -3.85. The lowest BCUT2D eigenvalue weighted by Crippen LogP contribution is -2.38. The number of nitrogens with two attached hydrogens (primary N) is 1. The first-order valence-corrected chi connectivity index (χ1v) is 9.31. The van der Waals surface area contributed by atoms with E-state index in [1.165, 1.54) is 16.4 Å².